The molecule has 0 aliphatic carbocycles. The predicted molar refractivity (Wildman–Crippen MR) is 72.3 cm³/mol. The Bertz CT molecular complexity index is 568. The molecule has 1 aromatic carbocycles. The molecule has 0 aliphatic heterocycles. The number of carbonyl (C=O) groups is 1. The van der Waals surface area contributed by atoms with Gasteiger partial charge in [-0.15, -0.1) is 11.3 Å². The van der Waals surface area contributed by atoms with E-state index in [0.29, 0.717) is 5.69 Å². The number of halogens is 1. The van der Waals surface area contributed by atoms with E-state index in [1.165, 1.54) is 30.6 Å². The molecular weight excluding hydrogens is 267 g/mol. The molecule has 0 saturated heterocycles. The largest absolute Gasteiger partial charge is 0.469 e. The smallest absolute Gasteiger partial charge is 0.311 e. The minimum absolute atomic E-state index is 0.157. The molecule has 0 saturated carbocycles. The molecule has 0 amide bonds. The van der Waals surface area contributed by atoms with Gasteiger partial charge in [0, 0.05) is 18.1 Å². The number of esters is 1. The van der Waals surface area contributed by atoms with E-state index in [4.69, 9.17) is 0 Å². The molecule has 0 spiro atoms. The minimum atomic E-state index is -0.318. The summed E-state index contributed by atoms with van der Waals surface area (Å²) in [6, 6.07) is 6.15. The van der Waals surface area contributed by atoms with Crippen molar-refractivity contribution in [1.29, 1.82) is 0 Å². The van der Waals surface area contributed by atoms with Gasteiger partial charge in [-0.25, -0.2) is 9.37 Å². The first-order chi connectivity index (χ1) is 9.10. The number of methoxy groups -OCH3 is 1. The Morgan fingerprint density at radius 2 is 2.11 bits per heavy atom. The number of ether oxygens (including phenoxy) is 1. The Kier molecular flexibility index (Phi) is 4.11. The summed E-state index contributed by atoms with van der Waals surface area (Å²) in [5, 5.41) is 2.55. The van der Waals surface area contributed by atoms with Crippen LogP contribution in [0.1, 0.15) is 5.69 Å². The third kappa shape index (κ3) is 3.29. The quantitative estimate of drug-likeness (QED) is 0.808. The van der Waals surface area contributed by atoms with Crippen LogP contribution in [0.15, 0.2) is 29.6 Å². The van der Waals surface area contributed by atoms with E-state index < -0.39 is 0 Å². The zero-order valence-corrected chi connectivity index (χ0v) is 11.4. The van der Waals surface area contributed by atoms with E-state index in [1.54, 1.807) is 12.1 Å². The van der Waals surface area contributed by atoms with Crippen molar-refractivity contribution in [1.82, 2.24) is 4.98 Å². The van der Waals surface area contributed by atoms with Crippen LogP contribution in [-0.2, 0) is 16.0 Å². The lowest BCUT2D eigenvalue weighted by molar-refractivity contribution is -0.139. The number of hydrogen-bond donors (Lipinski definition) is 0. The van der Waals surface area contributed by atoms with E-state index in [1.807, 2.05) is 17.3 Å². The summed E-state index contributed by atoms with van der Waals surface area (Å²) < 4.78 is 17.4. The summed E-state index contributed by atoms with van der Waals surface area (Å²) in [5.74, 6) is -0.594. The lowest BCUT2D eigenvalue weighted by Gasteiger charge is -2.15. The van der Waals surface area contributed by atoms with Gasteiger partial charge in [0.05, 0.1) is 19.2 Å². The fraction of sp³-hybridized carbons (Fsp3) is 0.231. The fourth-order valence-corrected chi connectivity index (χ4v) is 2.34. The molecular formula is C13H13FN2O2S. The summed E-state index contributed by atoms with van der Waals surface area (Å²) in [6.07, 6.45) is 0.157. The van der Waals surface area contributed by atoms with Crippen LogP contribution in [0, 0.1) is 5.82 Å². The molecule has 0 fully saturated rings. The molecule has 0 N–H and O–H groups in total. The van der Waals surface area contributed by atoms with Gasteiger partial charge < -0.3 is 9.64 Å². The Hall–Kier alpha value is -1.95. The Labute approximate surface area is 114 Å². The topological polar surface area (TPSA) is 42.4 Å². The number of benzene rings is 1. The SMILES string of the molecule is COC(=O)Cc1csc(N(C)c2ccc(F)cc2)n1. The summed E-state index contributed by atoms with van der Waals surface area (Å²) in [4.78, 5) is 17.3. The number of rotatable bonds is 4. The first-order valence-electron chi connectivity index (χ1n) is 5.60. The number of nitrogens with zero attached hydrogens (tertiary/aromatic N) is 2. The summed E-state index contributed by atoms with van der Waals surface area (Å²) >= 11 is 1.42. The van der Waals surface area contributed by atoms with Crippen molar-refractivity contribution >= 4 is 28.1 Å². The van der Waals surface area contributed by atoms with Gasteiger partial charge in [-0.1, -0.05) is 0 Å². The second kappa shape index (κ2) is 5.79. The molecule has 19 heavy (non-hydrogen) atoms. The standard InChI is InChI=1S/C13H13FN2O2S/c1-16(11-5-3-9(14)4-6-11)13-15-10(8-19-13)7-12(17)18-2/h3-6,8H,7H2,1-2H3. The predicted octanol–water partition coefficient (Wildman–Crippen LogP) is 2.77. The maximum absolute atomic E-state index is 12.9. The van der Waals surface area contributed by atoms with E-state index in [9.17, 15) is 9.18 Å². The number of carbonyl (C=O) groups excluding carboxylic acids is 1. The van der Waals surface area contributed by atoms with Crippen molar-refractivity contribution in [3.63, 3.8) is 0 Å². The second-order valence-electron chi connectivity index (χ2n) is 3.91. The van der Waals surface area contributed by atoms with Crippen LogP contribution in [0.3, 0.4) is 0 Å². The highest BCUT2D eigenvalue weighted by molar-refractivity contribution is 7.13. The van der Waals surface area contributed by atoms with Crippen LogP contribution >= 0.6 is 11.3 Å². The first-order valence-corrected chi connectivity index (χ1v) is 6.48. The average molecular weight is 280 g/mol. The summed E-state index contributed by atoms with van der Waals surface area (Å²) in [7, 11) is 3.19. The fourth-order valence-electron chi connectivity index (χ4n) is 1.53. The van der Waals surface area contributed by atoms with Gasteiger partial charge in [-0.05, 0) is 24.3 Å². The van der Waals surface area contributed by atoms with Gasteiger partial charge in [0.15, 0.2) is 5.13 Å². The highest BCUT2D eigenvalue weighted by Crippen LogP contribution is 2.27. The molecule has 0 unspecified atom stereocenters. The van der Waals surface area contributed by atoms with Crippen molar-refractivity contribution in [2.45, 2.75) is 6.42 Å². The molecule has 0 radical (unpaired) electrons. The van der Waals surface area contributed by atoms with E-state index >= 15 is 0 Å². The third-order valence-corrected chi connectivity index (χ3v) is 3.56. The Morgan fingerprint density at radius 1 is 1.42 bits per heavy atom. The van der Waals surface area contributed by atoms with Crippen LogP contribution in [-0.4, -0.2) is 25.1 Å². The molecule has 6 heteroatoms. The van der Waals surface area contributed by atoms with Gasteiger partial charge >= 0.3 is 5.97 Å². The normalized spacial score (nSPS) is 10.3. The minimum Gasteiger partial charge on any atom is -0.469 e. The van der Waals surface area contributed by atoms with E-state index in [2.05, 4.69) is 9.72 Å². The van der Waals surface area contributed by atoms with Crippen LogP contribution in [0.5, 0.6) is 0 Å². The summed E-state index contributed by atoms with van der Waals surface area (Å²) in [5.41, 5.74) is 1.50. The molecule has 1 heterocycles. The molecule has 2 rings (SSSR count). The van der Waals surface area contributed by atoms with Crippen molar-refractivity contribution < 1.29 is 13.9 Å². The Morgan fingerprint density at radius 3 is 2.74 bits per heavy atom. The number of hydrogen-bond acceptors (Lipinski definition) is 5. The van der Waals surface area contributed by atoms with Crippen LogP contribution < -0.4 is 4.90 Å². The third-order valence-electron chi connectivity index (χ3n) is 2.59. The van der Waals surface area contributed by atoms with Crippen molar-refractivity contribution in [3.05, 3.63) is 41.2 Å². The van der Waals surface area contributed by atoms with Gasteiger partial charge in [0.2, 0.25) is 0 Å². The molecule has 0 aliphatic rings. The van der Waals surface area contributed by atoms with Gasteiger partial charge in [-0.2, -0.15) is 0 Å². The van der Waals surface area contributed by atoms with Crippen LogP contribution in [0.2, 0.25) is 0 Å². The van der Waals surface area contributed by atoms with Crippen LogP contribution in [0.25, 0.3) is 0 Å². The van der Waals surface area contributed by atoms with Gasteiger partial charge in [-0.3, -0.25) is 4.79 Å². The molecule has 4 nitrogen and oxygen atoms in total. The van der Waals surface area contributed by atoms with E-state index in [0.717, 1.165) is 10.8 Å². The van der Waals surface area contributed by atoms with Crippen molar-refractivity contribution in [2.75, 3.05) is 19.1 Å². The molecule has 0 bridgehead atoms. The zero-order valence-electron chi connectivity index (χ0n) is 10.6. The van der Waals surface area contributed by atoms with Crippen molar-refractivity contribution in [3.8, 4) is 0 Å². The average Bonchev–Trinajstić information content (AvgIpc) is 2.87. The highest BCUT2D eigenvalue weighted by atomic mass is 32.1. The Balaban J connectivity index is 2.13. The lowest BCUT2D eigenvalue weighted by Crippen LogP contribution is -2.10. The zero-order chi connectivity index (χ0) is 13.8. The first kappa shape index (κ1) is 13.5. The molecule has 100 valence electrons. The van der Waals surface area contributed by atoms with Gasteiger partial charge in [0.1, 0.15) is 5.82 Å². The van der Waals surface area contributed by atoms with Gasteiger partial charge in [0.25, 0.3) is 0 Å². The highest BCUT2D eigenvalue weighted by Gasteiger charge is 2.11. The number of aromatic nitrogens is 1. The van der Waals surface area contributed by atoms with Crippen LogP contribution in [0.4, 0.5) is 15.2 Å². The summed E-state index contributed by atoms with van der Waals surface area (Å²) in [6.45, 7) is 0. The molecule has 0 atom stereocenters. The maximum atomic E-state index is 12.9. The lowest BCUT2D eigenvalue weighted by atomic mass is 10.3. The number of thiazole rings is 1. The van der Waals surface area contributed by atoms with E-state index in [-0.39, 0.29) is 18.2 Å². The molecule has 2 aromatic rings. The monoisotopic (exact) mass is 280 g/mol. The number of anilines is 2. The van der Waals surface area contributed by atoms with Crippen molar-refractivity contribution in [2.24, 2.45) is 0 Å². The molecule has 1 aromatic heterocycles. The second-order valence-corrected chi connectivity index (χ2v) is 4.75. The maximum Gasteiger partial charge on any atom is 0.311 e.